The van der Waals surface area contributed by atoms with Crippen molar-refractivity contribution < 1.29 is 4.74 Å². The molecule has 1 heterocycles. The molecule has 0 radical (unpaired) electrons. The lowest BCUT2D eigenvalue weighted by Crippen LogP contribution is -2.19. The minimum Gasteiger partial charge on any atom is -0.495 e. The lowest BCUT2D eigenvalue weighted by Gasteiger charge is -2.22. The largest absolute Gasteiger partial charge is 0.495 e. The summed E-state index contributed by atoms with van der Waals surface area (Å²) in [5.41, 5.74) is 4.44. The van der Waals surface area contributed by atoms with Gasteiger partial charge in [0.2, 0.25) is 0 Å². The van der Waals surface area contributed by atoms with Crippen molar-refractivity contribution in [3.8, 4) is 5.75 Å². The van der Waals surface area contributed by atoms with Gasteiger partial charge < -0.3 is 10.2 Å². The number of nitrogens with zero attached hydrogens (tertiary/aromatic N) is 1. The van der Waals surface area contributed by atoms with Gasteiger partial charge in [-0.3, -0.25) is 0 Å². The summed E-state index contributed by atoms with van der Waals surface area (Å²) in [4.78, 5) is 4.54. The van der Waals surface area contributed by atoms with Crippen LogP contribution < -0.4 is 16.0 Å². The van der Waals surface area contributed by atoms with Gasteiger partial charge in [0.25, 0.3) is 0 Å². The van der Waals surface area contributed by atoms with Gasteiger partial charge in [0.1, 0.15) is 11.6 Å². The molecule has 0 atom stereocenters. The highest BCUT2D eigenvalue weighted by molar-refractivity contribution is 6.32. The molecule has 2 aromatic rings. The van der Waals surface area contributed by atoms with Gasteiger partial charge in [-0.25, -0.2) is 10.8 Å². The second-order valence-electron chi connectivity index (χ2n) is 5.46. The summed E-state index contributed by atoms with van der Waals surface area (Å²) in [5, 5.41) is 1.54. The molecule has 0 aliphatic carbocycles. The molecule has 0 bridgehead atoms. The predicted molar refractivity (Wildman–Crippen MR) is 79.8 cm³/mol. The van der Waals surface area contributed by atoms with Crippen molar-refractivity contribution in [2.24, 2.45) is 5.84 Å². The first-order valence-electron chi connectivity index (χ1n) is 6.02. The second kappa shape index (κ2) is 4.87. The number of halogens is 1. The third-order valence-corrected chi connectivity index (χ3v) is 3.33. The van der Waals surface area contributed by atoms with Crippen LogP contribution in [0.2, 0.25) is 5.02 Å². The van der Waals surface area contributed by atoms with Gasteiger partial charge >= 0.3 is 0 Å². The van der Waals surface area contributed by atoms with E-state index in [4.69, 9.17) is 22.2 Å². The van der Waals surface area contributed by atoms with E-state index in [1.807, 2.05) is 12.1 Å². The Morgan fingerprint density at radius 3 is 2.47 bits per heavy atom. The highest BCUT2D eigenvalue weighted by atomic mass is 35.5. The minimum absolute atomic E-state index is 0.0602. The van der Waals surface area contributed by atoms with Crippen molar-refractivity contribution in [2.45, 2.75) is 26.2 Å². The van der Waals surface area contributed by atoms with E-state index >= 15 is 0 Å². The summed E-state index contributed by atoms with van der Waals surface area (Å²) in [6.07, 6.45) is 0. The van der Waals surface area contributed by atoms with Gasteiger partial charge in [-0.05, 0) is 17.5 Å². The van der Waals surface area contributed by atoms with Crippen LogP contribution in [0.15, 0.2) is 18.2 Å². The zero-order valence-electron chi connectivity index (χ0n) is 11.5. The molecule has 0 spiro atoms. The molecule has 0 amide bonds. The first-order valence-corrected chi connectivity index (χ1v) is 6.40. The standard InChI is InChI=1S/C14H18ClN3O/c1-14(2,3)9-5-8-6-10(15)12(19-4)7-11(8)17-13(9)18-16/h5-7H,16H2,1-4H3,(H,17,18). The molecule has 19 heavy (non-hydrogen) atoms. The van der Waals surface area contributed by atoms with Crippen LogP contribution in [0.1, 0.15) is 26.3 Å². The predicted octanol–water partition coefficient (Wildman–Crippen LogP) is 3.48. The molecule has 5 heteroatoms. The van der Waals surface area contributed by atoms with Crippen LogP contribution in [0.3, 0.4) is 0 Å². The van der Waals surface area contributed by atoms with E-state index in [1.165, 1.54) is 0 Å². The molecule has 0 unspecified atom stereocenters. The monoisotopic (exact) mass is 279 g/mol. The number of hydrazine groups is 1. The maximum absolute atomic E-state index is 6.15. The molecular weight excluding hydrogens is 262 g/mol. The van der Waals surface area contributed by atoms with Gasteiger partial charge in [0, 0.05) is 17.0 Å². The van der Waals surface area contributed by atoms with E-state index in [0.717, 1.165) is 16.5 Å². The second-order valence-corrected chi connectivity index (χ2v) is 5.87. The fourth-order valence-corrected chi connectivity index (χ4v) is 2.26. The van der Waals surface area contributed by atoms with E-state index in [9.17, 15) is 0 Å². The molecule has 0 fully saturated rings. The fraction of sp³-hybridized carbons (Fsp3) is 0.357. The van der Waals surface area contributed by atoms with E-state index in [2.05, 4.69) is 37.2 Å². The van der Waals surface area contributed by atoms with Crippen LogP contribution >= 0.6 is 11.6 Å². The average molecular weight is 280 g/mol. The average Bonchev–Trinajstić information content (AvgIpc) is 2.35. The third-order valence-electron chi connectivity index (χ3n) is 3.03. The van der Waals surface area contributed by atoms with Crippen LogP contribution in [-0.2, 0) is 5.41 Å². The highest BCUT2D eigenvalue weighted by Gasteiger charge is 2.20. The molecule has 0 aliphatic rings. The summed E-state index contributed by atoms with van der Waals surface area (Å²) in [5.74, 6) is 6.84. The first kappa shape index (κ1) is 13.9. The van der Waals surface area contributed by atoms with Gasteiger partial charge in [0.05, 0.1) is 17.6 Å². The Morgan fingerprint density at radius 2 is 1.95 bits per heavy atom. The van der Waals surface area contributed by atoms with Gasteiger partial charge in [-0.1, -0.05) is 32.4 Å². The summed E-state index contributed by atoms with van der Waals surface area (Å²) in [6.45, 7) is 6.34. The number of benzene rings is 1. The molecule has 3 N–H and O–H groups in total. The summed E-state index contributed by atoms with van der Waals surface area (Å²) in [7, 11) is 1.58. The van der Waals surface area contributed by atoms with E-state index in [-0.39, 0.29) is 5.41 Å². The van der Waals surface area contributed by atoms with E-state index < -0.39 is 0 Å². The van der Waals surface area contributed by atoms with Gasteiger partial charge in [0.15, 0.2) is 0 Å². The normalized spacial score (nSPS) is 11.7. The Kier molecular flexibility index (Phi) is 3.56. The number of nitrogens with two attached hydrogens (primary N) is 1. The van der Waals surface area contributed by atoms with Gasteiger partial charge in [-0.2, -0.15) is 0 Å². The maximum Gasteiger partial charge on any atom is 0.144 e. The van der Waals surface area contributed by atoms with E-state index in [0.29, 0.717) is 16.6 Å². The molecule has 0 saturated heterocycles. The van der Waals surface area contributed by atoms with Crippen molar-refractivity contribution in [3.63, 3.8) is 0 Å². The van der Waals surface area contributed by atoms with Gasteiger partial charge in [-0.15, -0.1) is 0 Å². The van der Waals surface area contributed by atoms with Crippen LogP contribution in [-0.4, -0.2) is 12.1 Å². The number of pyridine rings is 1. The lowest BCUT2D eigenvalue weighted by atomic mass is 9.86. The van der Waals surface area contributed by atoms with Crippen molar-refractivity contribution in [2.75, 3.05) is 12.5 Å². The molecule has 0 aliphatic heterocycles. The molecule has 1 aromatic carbocycles. The maximum atomic E-state index is 6.15. The highest BCUT2D eigenvalue weighted by Crippen LogP contribution is 2.34. The first-order chi connectivity index (χ1) is 8.86. The van der Waals surface area contributed by atoms with Crippen LogP contribution in [0.4, 0.5) is 5.82 Å². The number of nitrogens with one attached hydrogen (secondary N) is 1. The number of hydrogen-bond donors (Lipinski definition) is 2. The summed E-state index contributed by atoms with van der Waals surface area (Å²) in [6, 6.07) is 5.73. The molecule has 2 rings (SSSR count). The molecule has 1 aromatic heterocycles. The zero-order chi connectivity index (χ0) is 14.2. The van der Waals surface area contributed by atoms with Crippen molar-refractivity contribution in [1.82, 2.24) is 4.98 Å². The van der Waals surface area contributed by atoms with Crippen molar-refractivity contribution in [1.29, 1.82) is 0 Å². The number of ether oxygens (including phenoxy) is 1. The van der Waals surface area contributed by atoms with Crippen LogP contribution in [0, 0.1) is 0 Å². The quantitative estimate of drug-likeness (QED) is 0.653. The Hall–Kier alpha value is -1.52. The number of anilines is 1. The smallest absolute Gasteiger partial charge is 0.144 e. The van der Waals surface area contributed by atoms with Crippen LogP contribution in [0.25, 0.3) is 10.9 Å². The van der Waals surface area contributed by atoms with E-state index in [1.54, 1.807) is 7.11 Å². The van der Waals surface area contributed by atoms with Crippen LogP contribution in [0.5, 0.6) is 5.75 Å². The SMILES string of the molecule is COc1cc2nc(NN)c(C(C)(C)C)cc2cc1Cl. The number of aromatic nitrogens is 1. The Morgan fingerprint density at radius 1 is 1.26 bits per heavy atom. The number of nitrogen functional groups attached to an aromatic ring is 1. The zero-order valence-corrected chi connectivity index (χ0v) is 12.3. The third kappa shape index (κ3) is 2.60. The summed E-state index contributed by atoms with van der Waals surface area (Å²) >= 11 is 6.15. The Balaban J connectivity index is 2.74. The number of rotatable bonds is 2. The molecule has 4 nitrogen and oxygen atoms in total. The Bertz CT molecular complexity index is 620. The Labute approximate surface area is 117 Å². The lowest BCUT2D eigenvalue weighted by molar-refractivity contribution is 0.415. The molecule has 0 saturated carbocycles. The topological polar surface area (TPSA) is 60.2 Å². The summed E-state index contributed by atoms with van der Waals surface area (Å²) < 4.78 is 5.20. The number of methoxy groups -OCH3 is 1. The number of hydrogen-bond acceptors (Lipinski definition) is 4. The fourth-order valence-electron chi connectivity index (χ4n) is 2.01. The molecular formula is C14H18ClN3O. The molecule has 102 valence electrons. The van der Waals surface area contributed by atoms with Crippen molar-refractivity contribution in [3.05, 3.63) is 28.8 Å². The van der Waals surface area contributed by atoms with Crippen molar-refractivity contribution >= 4 is 28.3 Å². The number of fused-ring (bicyclic) bond motifs is 1. The minimum atomic E-state index is -0.0602.